The lowest BCUT2D eigenvalue weighted by atomic mass is 9.96. The molecule has 0 atom stereocenters. The van der Waals surface area contributed by atoms with Crippen LogP contribution in [-0.4, -0.2) is 60.0 Å². The van der Waals surface area contributed by atoms with Crippen LogP contribution in [0.25, 0.3) is 11.5 Å². The van der Waals surface area contributed by atoms with Crippen molar-refractivity contribution in [3.63, 3.8) is 0 Å². The number of piperidine rings is 1. The summed E-state index contributed by atoms with van der Waals surface area (Å²) >= 11 is 7.31. The van der Waals surface area contributed by atoms with Crippen molar-refractivity contribution in [2.45, 2.75) is 31.7 Å². The van der Waals surface area contributed by atoms with Gasteiger partial charge in [0.2, 0.25) is 6.41 Å². The maximum atomic E-state index is 10.8. The summed E-state index contributed by atoms with van der Waals surface area (Å²) in [6, 6.07) is 7.86. The largest absolute Gasteiger partial charge is 0.377 e. The zero-order valence-electron chi connectivity index (χ0n) is 18.3. The van der Waals surface area contributed by atoms with Gasteiger partial charge in [0.15, 0.2) is 5.82 Å². The van der Waals surface area contributed by atoms with Gasteiger partial charge in [0.05, 0.1) is 24.3 Å². The first-order valence-corrected chi connectivity index (χ1v) is 12.0. The van der Waals surface area contributed by atoms with Crippen LogP contribution in [-0.2, 0) is 9.53 Å². The van der Waals surface area contributed by atoms with E-state index in [1.807, 2.05) is 36.6 Å². The highest BCUT2D eigenvalue weighted by atomic mass is 35.5. The van der Waals surface area contributed by atoms with Gasteiger partial charge in [-0.3, -0.25) is 4.79 Å². The lowest BCUT2D eigenvalue weighted by Gasteiger charge is -2.28. The summed E-state index contributed by atoms with van der Waals surface area (Å²) in [5.74, 6) is 1.39. The van der Waals surface area contributed by atoms with Crippen molar-refractivity contribution >= 4 is 41.2 Å². The minimum absolute atomic E-state index is 0.217. The summed E-state index contributed by atoms with van der Waals surface area (Å²) < 4.78 is 10.7. The van der Waals surface area contributed by atoms with Crippen LogP contribution in [0.1, 0.15) is 35.0 Å². The van der Waals surface area contributed by atoms with E-state index in [1.54, 1.807) is 16.2 Å². The van der Waals surface area contributed by atoms with Gasteiger partial charge in [0, 0.05) is 46.9 Å². The maximum Gasteiger partial charge on any atom is 0.258 e. The van der Waals surface area contributed by atoms with Crippen molar-refractivity contribution in [1.29, 1.82) is 5.41 Å². The number of benzene rings is 1. The summed E-state index contributed by atoms with van der Waals surface area (Å²) in [5.41, 5.74) is 2.49. The Kier molecular flexibility index (Phi) is 7.74. The highest BCUT2D eigenvalue weighted by Crippen LogP contribution is 2.29. The van der Waals surface area contributed by atoms with E-state index in [1.165, 1.54) is 11.1 Å². The van der Waals surface area contributed by atoms with Gasteiger partial charge in [-0.25, -0.2) is 0 Å². The molecule has 2 fully saturated rings. The molecule has 0 radical (unpaired) electrons. The van der Waals surface area contributed by atoms with Gasteiger partial charge in [-0.1, -0.05) is 22.8 Å². The number of aryl methyl sites for hydroxylation is 1. The summed E-state index contributed by atoms with van der Waals surface area (Å²) in [6.07, 6.45) is 3.91. The first kappa shape index (κ1) is 23.4. The number of carbonyl (C=O) groups is 1. The average molecular weight is 488 g/mol. The third-order valence-corrected chi connectivity index (χ3v) is 7.10. The number of ether oxygens (including phenoxy) is 1. The number of nitrogens with one attached hydrogen (secondary N) is 2. The van der Waals surface area contributed by atoms with Gasteiger partial charge in [-0.05, 0) is 43.3 Å². The standard InChI is InChI=1S/C18H21N5O3.C5H5ClS/c19-8-14-2-1-13(7-16(14)20-15-9-25-10-15)18-21-17(22-26-18)12-3-5-23(11-24)6-4-12;1-4-5(6)2-3-7-4/h1-2,7-8,11-12,15,19-20H,3-6,9-10H2;2-3H,1H3. The van der Waals surface area contributed by atoms with Gasteiger partial charge in [0.1, 0.15) is 0 Å². The van der Waals surface area contributed by atoms with E-state index in [4.69, 9.17) is 26.3 Å². The molecule has 1 aromatic carbocycles. The van der Waals surface area contributed by atoms with E-state index in [2.05, 4.69) is 15.5 Å². The molecular weight excluding hydrogens is 462 g/mol. The second kappa shape index (κ2) is 10.9. The number of nitrogens with zero attached hydrogens (tertiary/aromatic N) is 3. The fourth-order valence-electron chi connectivity index (χ4n) is 3.63. The summed E-state index contributed by atoms with van der Waals surface area (Å²) in [5, 5.41) is 18.0. The Morgan fingerprint density at radius 1 is 1.27 bits per heavy atom. The molecule has 8 nitrogen and oxygen atoms in total. The molecule has 0 bridgehead atoms. The Labute approximate surface area is 201 Å². The third kappa shape index (κ3) is 5.79. The van der Waals surface area contributed by atoms with Crippen LogP contribution < -0.4 is 5.32 Å². The van der Waals surface area contributed by atoms with Gasteiger partial charge in [-0.2, -0.15) is 4.98 Å². The third-order valence-electron chi connectivity index (χ3n) is 5.73. The first-order chi connectivity index (χ1) is 16.1. The van der Waals surface area contributed by atoms with Gasteiger partial charge < -0.3 is 24.9 Å². The number of amides is 1. The number of carbonyl (C=O) groups excluding carboxylic acids is 1. The van der Waals surface area contributed by atoms with Gasteiger partial charge in [0.25, 0.3) is 5.89 Å². The van der Waals surface area contributed by atoms with E-state index in [-0.39, 0.29) is 12.0 Å². The van der Waals surface area contributed by atoms with Crippen LogP contribution in [0.15, 0.2) is 34.2 Å². The number of likely N-dealkylation sites (tertiary alicyclic amines) is 1. The molecule has 2 saturated heterocycles. The monoisotopic (exact) mass is 487 g/mol. The van der Waals surface area contributed by atoms with Crippen molar-refractivity contribution < 1.29 is 14.1 Å². The normalized spacial score (nSPS) is 16.5. The quantitative estimate of drug-likeness (QED) is 0.389. The van der Waals surface area contributed by atoms with Crippen LogP contribution in [0, 0.1) is 12.3 Å². The van der Waals surface area contributed by atoms with Crippen LogP contribution in [0.5, 0.6) is 0 Å². The molecule has 33 heavy (non-hydrogen) atoms. The number of hydrogen-bond donors (Lipinski definition) is 2. The Bertz CT molecular complexity index is 1070. The zero-order valence-corrected chi connectivity index (χ0v) is 19.9. The molecule has 10 heteroatoms. The molecule has 2 aliphatic heterocycles. The number of aromatic nitrogens is 2. The van der Waals surface area contributed by atoms with Crippen LogP contribution in [0.4, 0.5) is 5.69 Å². The summed E-state index contributed by atoms with van der Waals surface area (Å²) in [4.78, 5) is 18.4. The van der Waals surface area contributed by atoms with E-state index >= 15 is 0 Å². The molecule has 174 valence electrons. The predicted molar refractivity (Wildman–Crippen MR) is 130 cm³/mol. The number of halogens is 1. The van der Waals surface area contributed by atoms with Crippen molar-refractivity contribution in [2.24, 2.45) is 0 Å². The van der Waals surface area contributed by atoms with E-state index in [0.717, 1.165) is 54.2 Å². The predicted octanol–water partition coefficient (Wildman–Crippen LogP) is 4.59. The zero-order chi connectivity index (χ0) is 23.2. The van der Waals surface area contributed by atoms with Crippen molar-refractivity contribution in [2.75, 3.05) is 31.6 Å². The Hall–Kier alpha value is -2.75. The molecule has 2 N–H and O–H groups in total. The topological polar surface area (TPSA) is 104 Å². The SMILES string of the molecule is Cc1sccc1Cl.N=Cc1ccc(-c2nc(C3CCN(C=O)CC3)no2)cc1NC1COC1. The molecule has 0 saturated carbocycles. The number of rotatable bonds is 6. The maximum absolute atomic E-state index is 10.8. The molecule has 4 heterocycles. The Morgan fingerprint density at radius 3 is 2.61 bits per heavy atom. The molecule has 5 rings (SSSR count). The highest BCUT2D eigenvalue weighted by Gasteiger charge is 2.25. The second-order valence-electron chi connectivity index (χ2n) is 8.02. The lowest BCUT2D eigenvalue weighted by molar-refractivity contribution is -0.119. The van der Waals surface area contributed by atoms with Crippen LogP contribution in [0.3, 0.4) is 0 Å². The molecular formula is C23H26ClN5O3S. The molecule has 3 aromatic rings. The molecule has 1 amide bonds. The molecule has 2 aliphatic rings. The molecule has 0 aliphatic carbocycles. The second-order valence-corrected chi connectivity index (χ2v) is 9.55. The molecule has 2 aromatic heterocycles. The Morgan fingerprint density at radius 2 is 2.06 bits per heavy atom. The summed E-state index contributed by atoms with van der Waals surface area (Å²) in [7, 11) is 0. The molecule has 0 spiro atoms. The smallest absolute Gasteiger partial charge is 0.258 e. The van der Waals surface area contributed by atoms with Crippen LogP contribution >= 0.6 is 22.9 Å². The minimum Gasteiger partial charge on any atom is -0.377 e. The lowest BCUT2D eigenvalue weighted by Crippen LogP contribution is -2.40. The Balaban J connectivity index is 0.000000318. The number of anilines is 1. The fourth-order valence-corrected chi connectivity index (χ4v) is 4.49. The van der Waals surface area contributed by atoms with E-state index in [9.17, 15) is 4.79 Å². The summed E-state index contributed by atoms with van der Waals surface area (Å²) in [6.45, 7) is 4.80. The van der Waals surface area contributed by atoms with Gasteiger partial charge in [-0.15, -0.1) is 11.3 Å². The minimum atomic E-state index is 0.217. The van der Waals surface area contributed by atoms with Crippen molar-refractivity contribution in [3.8, 4) is 11.5 Å². The highest BCUT2D eigenvalue weighted by molar-refractivity contribution is 7.10. The van der Waals surface area contributed by atoms with Crippen LogP contribution in [0.2, 0.25) is 5.02 Å². The fraction of sp³-hybridized carbons (Fsp3) is 0.391. The average Bonchev–Trinajstić information content (AvgIpc) is 3.46. The van der Waals surface area contributed by atoms with Crippen molar-refractivity contribution in [1.82, 2.24) is 15.0 Å². The number of thiophene rings is 1. The first-order valence-electron chi connectivity index (χ1n) is 10.8. The number of hydrogen-bond acceptors (Lipinski definition) is 8. The van der Waals surface area contributed by atoms with Gasteiger partial charge >= 0.3 is 0 Å². The van der Waals surface area contributed by atoms with E-state index < -0.39 is 0 Å². The van der Waals surface area contributed by atoms with Crippen molar-refractivity contribution in [3.05, 3.63) is 50.9 Å². The molecule has 0 unspecified atom stereocenters. The van der Waals surface area contributed by atoms with E-state index in [0.29, 0.717) is 24.9 Å².